The second-order valence-corrected chi connectivity index (χ2v) is 5.01. The number of hydrogen-bond acceptors (Lipinski definition) is 2. The lowest BCUT2D eigenvalue weighted by atomic mass is 9.81. The zero-order chi connectivity index (χ0) is 10.3. The van der Waals surface area contributed by atoms with E-state index in [1.165, 1.54) is 36.8 Å². The van der Waals surface area contributed by atoms with E-state index in [1.54, 1.807) is 0 Å². The average Bonchev–Trinajstić information content (AvgIpc) is 3.06. The van der Waals surface area contributed by atoms with E-state index in [9.17, 15) is 0 Å². The number of pyridine rings is 1. The topological polar surface area (TPSA) is 24.9 Å². The summed E-state index contributed by atoms with van der Waals surface area (Å²) >= 11 is 0. The fourth-order valence-corrected chi connectivity index (χ4v) is 2.56. The summed E-state index contributed by atoms with van der Waals surface area (Å²) in [6.45, 7) is 2.36. The van der Waals surface area contributed by atoms with E-state index in [0.29, 0.717) is 6.04 Å². The first-order valence-corrected chi connectivity index (χ1v) is 6.03. The summed E-state index contributed by atoms with van der Waals surface area (Å²) < 4.78 is 0. The third-order valence-corrected chi connectivity index (χ3v) is 3.71. The summed E-state index contributed by atoms with van der Waals surface area (Å²) in [5.74, 6) is 0.752. The Balaban J connectivity index is 1.90. The number of rotatable bonds is 2. The molecule has 1 saturated carbocycles. The molecule has 0 aliphatic heterocycles. The molecule has 15 heavy (non-hydrogen) atoms. The Morgan fingerprint density at radius 3 is 3.00 bits per heavy atom. The van der Waals surface area contributed by atoms with Crippen LogP contribution in [0.25, 0.3) is 0 Å². The fourth-order valence-electron chi connectivity index (χ4n) is 2.56. The van der Waals surface area contributed by atoms with Crippen molar-refractivity contribution >= 4 is 0 Å². The molecule has 1 N–H and O–H groups in total. The van der Waals surface area contributed by atoms with Crippen LogP contribution in [0.2, 0.25) is 0 Å². The maximum Gasteiger partial charge on any atom is 0.0366 e. The minimum Gasteiger partial charge on any atom is -0.307 e. The van der Waals surface area contributed by atoms with Crippen LogP contribution >= 0.6 is 0 Å². The van der Waals surface area contributed by atoms with E-state index in [-0.39, 0.29) is 0 Å². The number of fused-ring (bicyclic) bond motifs is 1. The smallest absolute Gasteiger partial charge is 0.0366 e. The molecule has 3 rings (SSSR count). The van der Waals surface area contributed by atoms with Crippen molar-refractivity contribution in [2.45, 2.75) is 44.7 Å². The van der Waals surface area contributed by atoms with Gasteiger partial charge in [0.25, 0.3) is 0 Å². The second-order valence-electron chi connectivity index (χ2n) is 5.01. The van der Waals surface area contributed by atoms with Gasteiger partial charge in [-0.25, -0.2) is 0 Å². The molecule has 0 radical (unpaired) electrons. The molecule has 2 aliphatic carbocycles. The Kier molecular flexibility index (Phi) is 2.24. The largest absolute Gasteiger partial charge is 0.307 e. The van der Waals surface area contributed by atoms with Gasteiger partial charge in [-0.15, -0.1) is 0 Å². The van der Waals surface area contributed by atoms with Gasteiger partial charge in [0.05, 0.1) is 0 Å². The molecule has 0 saturated heterocycles. The molecule has 0 aromatic carbocycles. The van der Waals surface area contributed by atoms with Crippen LogP contribution < -0.4 is 5.32 Å². The van der Waals surface area contributed by atoms with Crippen LogP contribution in [0, 0.1) is 5.92 Å². The Morgan fingerprint density at radius 2 is 2.20 bits per heavy atom. The molecular weight excluding hydrogens is 184 g/mol. The van der Waals surface area contributed by atoms with E-state index < -0.39 is 0 Å². The molecular formula is C13H18N2. The number of nitrogens with zero attached hydrogens (tertiary/aromatic N) is 1. The van der Waals surface area contributed by atoms with Crippen LogP contribution in [0.15, 0.2) is 18.5 Å². The molecule has 1 fully saturated rings. The van der Waals surface area contributed by atoms with Crippen molar-refractivity contribution in [1.82, 2.24) is 10.3 Å². The third-order valence-electron chi connectivity index (χ3n) is 3.71. The minimum atomic E-state index is 0.551. The summed E-state index contributed by atoms with van der Waals surface area (Å²) in [5, 5.41) is 3.76. The van der Waals surface area contributed by atoms with Crippen LogP contribution in [0.3, 0.4) is 0 Å². The van der Waals surface area contributed by atoms with Gasteiger partial charge >= 0.3 is 0 Å². The summed E-state index contributed by atoms with van der Waals surface area (Å²) in [5.41, 5.74) is 2.95. The SMILES string of the molecule is CC1CCc2ccncc2C1NC1CC1. The summed E-state index contributed by atoms with van der Waals surface area (Å²) in [7, 11) is 0. The van der Waals surface area contributed by atoms with E-state index >= 15 is 0 Å². The molecule has 1 aromatic heterocycles. The zero-order valence-corrected chi connectivity index (χ0v) is 9.24. The normalized spacial score (nSPS) is 29.9. The van der Waals surface area contributed by atoms with Crippen molar-refractivity contribution in [3.8, 4) is 0 Å². The van der Waals surface area contributed by atoms with Crippen LogP contribution in [0.1, 0.15) is 43.4 Å². The van der Waals surface area contributed by atoms with E-state index in [1.807, 2.05) is 6.20 Å². The predicted octanol–water partition coefficient (Wildman–Crippen LogP) is 2.46. The zero-order valence-electron chi connectivity index (χ0n) is 9.24. The van der Waals surface area contributed by atoms with Gasteiger partial charge in [0, 0.05) is 24.5 Å². The number of aryl methyl sites for hydroxylation is 1. The van der Waals surface area contributed by atoms with Gasteiger partial charge in [-0.3, -0.25) is 4.98 Å². The van der Waals surface area contributed by atoms with Gasteiger partial charge in [-0.05, 0) is 48.8 Å². The molecule has 2 nitrogen and oxygen atoms in total. The van der Waals surface area contributed by atoms with E-state index in [4.69, 9.17) is 0 Å². The lowest BCUT2D eigenvalue weighted by molar-refractivity contribution is 0.341. The van der Waals surface area contributed by atoms with Crippen molar-refractivity contribution in [1.29, 1.82) is 0 Å². The molecule has 0 spiro atoms. The van der Waals surface area contributed by atoms with Gasteiger partial charge in [0.15, 0.2) is 0 Å². The molecule has 2 atom stereocenters. The number of nitrogens with one attached hydrogen (secondary N) is 1. The van der Waals surface area contributed by atoms with Gasteiger partial charge < -0.3 is 5.32 Å². The van der Waals surface area contributed by atoms with Crippen molar-refractivity contribution < 1.29 is 0 Å². The summed E-state index contributed by atoms with van der Waals surface area (Å²) in [6.07, 6.45) is 9.23. The first-order chi connectivity index (χ1) is 7.34. The lowest BCUT2D eigenvalue weighted by Gasteiger charge is -2.31. The number of hydrogen-bond donors (Lipinski definition) is 1. The van der Waals surface area contributed by atoms with Crippen molar-refractivity contribution in [2.24, 2.45) is 5.92 Å². The molecule has 80 valence electrons. The minimum absolute atomic E-state index is 0.551. The number of aromatic nitrogens is 1. The third kappa shape index (κ3) is 1.78. The first kappa shape index (κ1) is 9.34. The van der Waals surface area contributed by atoms with E-state index in [0.717, 1.165) is 12.0 Å². The lowest BCUT2D eigenvalue weighted by Crippen LogP contribution is -2.32. The van der Waals surface area contributed by atoms with Gasteiger partial charge in [-0.2, -0.15) is 0 Å². The molecule has 2 unspecified atom stereocenters. The molecule has 1 aromatic rings. The van der Waals surface area contributed by atoms with Crippen LogP contribution in [0.5, 0.6) is 0 Å². The summed E-state index contributed by atoms with van der Waals surface area (Å²) in [6, 6.07) is 3.52. The van der Waals surface area contributed by atoms with Crippen molar-refractivity contribution in [3.05, 3.63) is 29.6 Å². The molecule has 0 amide bonds. The van der Waals surface area contributed by atoms with Crippen molar-refractivity contribution in [2.75, 3.05) is 0 Å². The quantitative estimate of drug-likeness (QED) is 0.797. The van der Waals surface area contributed by atoms with Crippen LogP contribution in [-0.4, -0.2) is 11.0 Å². The summed E-state index contributed by atoms with van der Waals surface area (Å²) in [4.78, 5) is 4.27. The van der Waals surface area contributed by atoms with Crippen LogP contribution in [-0.2, 0) is 6.42 Å². The molecule has 2 heteroatoms. The fraction of sp³-hybridized carbons (Fsp3) is 0.615. The highest BCUT2D eigenvalue weighted by molar-refractivity contribution is 5.30. The van der Waals surface area contributed by atoms with Gasteiger partial charge in [0.2, 0.25) is 0 Å². The Labute approximate surface area is 91.1 Å². The standard InChI is InChI=1S/C13H18N2/c1-9-2-3-10-6-7-14-8-12(10)13(9)15-11-4-5-11/h6-9,11,13,15H,2-5H2,1H3. The monoisotopic (exact) mass is 202 g/mol. The van der Waals surface area contributed by atoms with Gasteiger partial charge in [0.1, 0.15) is 0 Å². The second kappa shape index (κ2) is 3.60. The Bertz CT molecular complexity index is 357. The first-order valence-electron chi connectivity index (χ1n) is 6.03. The molecule has 1 heterocycles. The van der Waals surface area contributed by atoms with Crippen LogP contribution in [0.4, 0.5) is 0 Å². The van der Waals surface area contributed by atoms with Gasteiger partial charge in [-0.1, -0.05) is 6.92 Å². The highest BCUT2D eigenvalue weighted by Gasteiger charge is 2.31. The highest BCUT2D eigenvalue weighted by atomic mass is 15.0. The van der Waals surface area contributed by atoms with E-state index in [2.05, 4.69) is 29.5 Å². The highest BCUT2D eigenvalue weighted by Crippen LogP contribution is 2.36. The predicted molar refractivity (Wildman–Crippen MR) is 60.6 cm³/mol. The molecule has 0 bridgehead atoms. The Hall–Kier alpha value is -0.890. The Morgan fingerprint density at radius 1 is 1.33 bits per heavy atom. The maximum atomic E-state index is 4.27. The maximum absolute atomic E-state index is 4.27. The van der Waals surface area contributed by atoms with Crippen molar-refractivity contribution in [3.63, 3.8) is 0 Å². The molecule has 2 aliphatic rings. The average molecular weight is 202 g/mol.